The Morgan fingerprint density at radius 3 is 1.73 bits per heavy atom. The van der Waals surface area contributed by atoms with Crippen LogP contribution in [0.5, 0.6) is 0 Å². The molecule has 26 heavy (non-hydrogen) atoms. The lowest BCUT2D eigenvalue weighted by Gasteiger charge is -2.29. The van der Waals surface area contributed by atoms with Crippen LogP contribution in [0, 0.1) is 0 Å². The first-order valence-electron chi connectivity index (χ1n) is 11.3. The number of unbranched alkanes of at least 4 members (excludes halogenated alkanes) is 13. The van der Waals surface area contributed by atoms with Crippen LogP contribution in [0.25, 0.3) is 0 Å². The number of quaternary nitrogens is 1. The Morgan fingerprint density at radius 2 is 1.27 bits per heavy atom. The highest BCUT2D eigenvalue weighted by Crippen LogP contribution is 2.18. The molecular formula is C22H46IN3. The molecule has 1 atom stereocenters. The zero-order valence-electron chi connectivity index (χ0n) is 17.8. The van der Waals surface area contributed by atoms with E-state index in [1.54, 1.807) is 0 Å². The van der Waals surface area contributed by atoms with E-state index in [4.69, 9.17) is 10.7 Å². The maximum absolute atomic E-state index is 5.77. The van der Waals surface area contributed by atoms with Gasteiger partial charge in [0.05, 0.1) is 20.1 Å². The number of rotatable bonds is 17. The summed E-state index contributed by atoms with van der Waals surface area (Å²) in [5, 5.41) is 0. The lowest BCUT2D eigenvalue weighted by molar-refractivity contribution is -0.813. The molecule has 1 rings (SSSR count). The minimum atomic E-state index is 0. The summed E-state index contributed by atoms with van der Waals surface area (Å²) in [5.74, 6) is 1.41. The third-order valence-electron chi connectivity index (χ3n) is 5.89. The number of amidine groups is 1. The minimum absolute atomic E-state index is 0. The number of halogens is 1. The predicted octanol–water partition coefficient (Wildman–Crippen LogP) is 2.68. The number of hydrogen-bond acceptors (Lipinski definition) is 2. The van der Waals surface area contributed by atoms with Crippen molar-refractivity contribution in [1.82, 2.24) is 0 Å². The van der Waals surface area contributed by atoms with Crippen molar-refractivity contribution in [1.29, 1.82) is 0 Å². The van der Waals surface area contributed by atoms with E-state index in [0.717, 1.165) is 30.7 Å². The molecule has 1 heterocycles. The second-order valence-corrected chi connectivity index (χ2v) is 8.28. The van der Waals surface area contributed by atoms with Gasteiger partial charge in [-0.1, -0.05) is 90.4 Å². The second-order valence-electron chi connectivity index (χ2n) is 8.28. The third-order valence-corrected chi connectivity index (χ3v) is 5.89. The third kappa shape index (κ3) is 11.9. The largest absolute Gasteiger partial charge is 1.00 e. The van der Waals surface area contributed by atoms with Crippen LogP contribution < -0.4 is 29.7 Å². The molecule has 0 aromatic heterocycles. The number of nitrogens with zero attached hydrogens (tertiary/aromatic N) is 2. The second kappa shape index (κ2) is 17.4. The van der Waals surface area contributed by atoms with Crippen molar-refractivity contribution < 1.29 is 28.5 Å². The summed E-state index contributed by atoms with van der Waals surface area (Å²) in [5.41, 5.74) is 5.77. The topological polar surface area (TPSA) is 38.4 Å². The van der Waals surface area contributed by atoms with Gasteiger partial charge in [-0.3, -0.25) is 4.48 Å². The van der Waals surface area contributed by atoms with Gasteiger partial charge >= 0.3 is 0 Å². The summed E-state index contributed by atoms with van der Waals surface area (Å²) < 4.78 is 1.01. The van der Waals surface area contributed by atoms with Gasteiger partial charge in [-0.25, -0.2) is 4.99 Å². The van der Waals surface area contributed by atoms with Crippen molar-refractivity contribution in [3.8, 4) is 0 Å². The van der Waals surface area contributed by atoms with Gasteiger partial charge in [0.1, 0.15) is 6.54 Å². The maximum Gasteiger partial charge on any atom is 0.198 e. The Labute approximate surface area is 181 Å². The fraction of sp³-hybridized carbons (Fsp3) is 0.955. The molecule has 0 radical (unpaired) electrons. The average Bonchev–Trinajstić information content (AvgIpc) is 2.96. The zero-order valence-corrected chi connectivity index (χ0v) is 19.9. The van der Waals surface area contributed by atoms with Gasteiger partial charge in [-0.15, -0.1) is 0 Å². The van der Waals surface area contributed by atoms with Gasteiger partial charge < -0.3 is 29.7 Å². The Kier molecular flexibility index (Phi) is 17.6. The fourth-order valence-electron chi connectivity index (χ4n) is 4.05. The number of hydrogen-bond donors (Lipinski definition) is 1. The first kappa shape index (κ1) is 26.3. The van der Waals surface area contributed by atoms with Crippen LogP contribution in [0.15, 0.2) is 4.99 Å². The van der Waals surface area contributed by atoms with Crippen LogP contribution in [0.1, 0.15) is 103 Å². The van der Waals surface area contributed by atoms with Gasteiger partial charge in [0.15, 0.2) is 5.84 Å². The number of likely N-dealkylation sites (N-methyl/N-ethyl adjacent to an activating group) is 1. The molecule has 0 aromatic rings. The molecule has 156 valence electrons. The molecule has 1 aliphatic rings. The monoisotopic (exact) mass is 479 g/mol. The minimum Gasteiger partial charge on any atom is -1.00 e. The highest BCUT2D eigenvalue weighted by Gasteiger charge is 2.31. The standard InChI is InChI=1S/C22H46N3.HI/c1-3-4-5-6-7-8-9-10-11-12-13-14-15-16-17-22-24-19-21-25(22,2)20-18-23;/h3-21,23H2,1-2H3;1H/q+1;/p-1. The molecule has 0 aromatic carbocycles. The Balaban J connectivity index is 0.00000625. The summed E-state index contributed by atoms with van der Waals surface area (Å²) in [6, 6.07) is 0. The zero-order chi connectivity index (χ0) is 18.2. The van der Waals surface area contributed by atoms with Gasteiger partial charge in [0, 0.05) is 13.0 Å². The molecule has 2 N–H and O–H groups in total. The van der Waals surface area contributed by atoms with E-state index in [1.165, 1.54) is 102 Å². The number of aliphatic imine (C=N–C) groups is 1. The molecule has 3 nitrogen and oxygen atoms in total. The Hall–Kier alpha value is 0.320. The molecule has 1 unspecified atom stereocenters. The molecule has 0 saturated carbocycles. The molecule has 4 heteroatoms. The van der Waals surface area contributed by atoms with Crippen LogP contribution >= 0.6 is 0 Å². The van der Waals surface area contributed by atoms with E-state index in [9.17, 15) is 0 Å². The van der Waals surface area contributed by atoms with Crippen LogP contribution in [-0.2, 0) is 0 Å². The van der Waals surface area contributed by atoms with Crippen LogP contribution in [-0.4, -0.2) is 43.5 Å². The lowest BCUT2D eigenvalue weighted by atomic mass is 10.0. The summed E-state index contributed by atoms with van der Waals surface area (Å²) in [6.07, 6.45) is 21.2. The number of nitrogens with two attached hydrogens (primary N) is 1. The summed E-state index contributed by atoms with van der Waals surface area (Å²) in [7, 11) is 2.31. The first-order valence-corrected chi connectivity index (χ1v) is 11.3. The molecule has 0 saturated heterocycles. The first-order chi connectivity index (χ1) is 12.2. The van der Waals surface area contributed by atoms with Gasteiger partial charge in [0.25, 0.3) is 0 Å². The van der Waals surface area contributed by atoms with E-state index in [0.29, 0.717) is 0 Å². The van der Waals surface area contributed by atoms with E-state index < -0.39 is 0 Å². The highest BCUT2D eigenvalue weighted by atomic mass is 127. The lowest BCUT2D eigenvalue weighted by Crippen LogP contribution is -3.00. The van der Waals surface area contributed by atoms with Crippen molar-refractivity contribution in [2.24, 2.45) is 10.7 Å². The van der Waals surface area contributed by atoms with Crippen molar-refractivity contribution >= 4 is 5.84 Å². The van der Waals surface area contributed by atoms with E-state index in [-0.39, 0.29) is 24.0 Å². The van der Waals surface area contributed by atoms with Gasteiger partial charge in [-0.2, -0.15) is 0 Å². The van der Waals surface area contributed by atoms with E-state index in [2.05, 4.69) is 14.0 Å². The van der Waals surface area contributed by atoms with E-state index >= 15 is 0 Å². The molecule has 0 amide bonds. The normalized spacial score (nSPS) is 19.4. The summed E-state index contributed by atoms with van der Waals surface area (Å²) >= 11 is 0. The molecular weight excluding hydrogens is 433 g/mol. The summed E-state index contributed by atoms with van der Waals surface area (Å²) in [6.45, 7) is 6.28. The summed E-state index contributed by atoms with van der Waals surface area (Å²) in [4.78, 5) is 4.74. The van der Waals surface area contributed by atoms with Crippen molar-refractivity contribution in [3.05, 3.63) is 0 Å². The van der Waals surface area contributed by atoms with Crippen molar-refractivity contribution in [2.75, 3.05) is 33.2 Å². The molecule has 0 aliphatic carbocycles. The predicted molar refractivity (Wildman–Crippen MR) is 112 cm³/mol. The molecule has 0 bridgehead atoms. The van der Waals surface area contributed by atoms with Crippen LogP contribution in [0.2, 0.25) is 0 Å². The average molecular weight is 480 g/mol. The van der Waals surface area contributed by atoms with Gasteiger partial charge in [-0.05, 0) is 6.42 Å². The Bertz CT molecular complexity index is 346. The molecule has 0 fully saturated rings. The highest BCUT2D eigenvalue weighted by molar-refractivity contribution is 5.76. The Morgan fingerprint density at radius 1 is 0.808 bits per heavy atom. The fourth-order valence-corrected chi connectivity index (χ4v) is 4.05. The van der Waals surface area contributed by atoms with Gasteiger partial charge in [0.2, 0.25) is 0 Å². The van der Waals surface area contributed by atoms with Crippen molar-refractivity contribution in [3.63, 3.8) is 0 Å². The molecule has 0 spiro atoms. The van der Waals surface area contributed by atoms with Crippen molar-refractivity contribution in [2.45, 2.75) is 103 Å². The smallest absolute Gasteiger partial charge is 0.198 e. The van der Waals surface area contributed by atoms with Crippen LogP contribution in [0.3, 0.4) is 0 Å². The van der Waals surface area contributed by atoms with Crippen LogP contribution in [0.4, 0.5) is 0 Å². The van der Waals surface area contributed by atoms with E-state index in [1.807, 2.05) is 0 Å². The maximum atomic E-state index is 5.77. The SMILES string of the molecule is CCCCCCCCCCCCCCCCC1=NCC[N+]1(C)CCN.[I-]. The molecule has 1 aliphatic heterocycles. The quantitative estimate of drug-likeness (QED) is 0.195.